The second-order valence-corrected chi connectivity index (χ2v) is 19.7. The number of rotatable bonds is 19. The van der Waals surface area contributed by atoms with Gasteiger partial charge in [-0.15, -0.1) is 10.2 Å². The molecule has 0 atom stereocenters. The number of hydrogen-bond donors (Lipinski definition) is 3. The topological polar surface area (TPSA) is 406 Å². The Hall–Kier alpha value is 0.0200. The number of sulfone groups is 1. The van der Waals surface area contributed by atoms with Crippen LogP contribution in [0.2, 0.25) is 5.28 Å². The number of nitrogens with zero attached hydrogens (tertiary/aromatic N) is 5. The maximum absolute atomic E-state index is 12.6. The van der Waals surface area contributed by atoms with E-state index in [4.69, 9.17) is 11.6 Å². The van der Waals surface area contributed by atoms with E-state index in [0.717, 1.165) is 36.4 Å². The van der Waals surface area contributed by atoms with Gasteiger partial charge in [0, 0.05) is 21.4 Å². The third-order valence-corrected chi connectivity index (χ3v) is 13.4. The molecule has 38 heteroatoms. The zero-order valence-electron chi connectivity index (χ0n) is 35.7. The fourth-order valence-corrected chi connectivity index (χ4v) is 9.58. The summed E-state index contributed by atoms with van der Waals surface area (Å²) < 4.78 is 144. The Balaban J connectivity index is 0.00000476. The molecule has 0 aliphatic rings. The summed E-state index contributed by atoms with van der Waals surface area (Å²) in [5.74, 6) is -2.52. The van der Waals surface area contributed by atoms with Crippen molar-refractivity contribution in [3.8, 4) is 5.75 Å². The quantitative estimate of drug-likeness (QED) is 0.0129. The Morgan fingerprint density at radius 3 is 1.87 bits per heavy atom. The summed E-state index contributed by atoms with van der Waals surface area (Å²) in [6.45, 7) is -0.929. The number of phenolic OH excluding ortho intramolecular Hbond substituents is 1. The molecule has 0 aliphatic carbocycles. The van der Waals surface area contributed by atoms with Crippen LogP contribution >= 0.6 is 35.7 Å². The van der Waals surface area contributed by atoms with Crippen LogP contribution in [-0.4, -0.2) is 79.7 Å². The first-order valence-corrected chi connectivity index (χ1v) is 24.1. The summed E-state index contributed by atoms with van der Waals surface area (Å²) in [4.78, 5) is 9.69. The molecular formula is C31H19ClN7Na5O19S6. The van der Waals surface area contributed by atoms with Gasteiger partial charge in [0.2, 0.25) is 27.6 Å². The van der Waals surface area contributed by atoms with E-state index in [2.05, 4.69) is 58.7 Å². The minimum Gasteiger partial charge on any atom is -0.744 e. The number of aromatic hydroxyl groups is 1. The van der Waals surface area contributed by atoms with Gasteiger partial charge in [-0.1, -0.05) is 18.2 Å². The number of aromatic nitrogens is 3. The number of azo groups is 1. The van der Waals surface area contributed by atoms with E-state index in [1.165, 1.54) is 36.4 Å². The first-order valence-electron chi connectivity index (χ1n) is 16.5. The minimum atomic E-state index is -5.36. The fraction of sp³-hybridized carbons (Fsp3) is 0.0645. The van der Waals surface area contributed by atoms with E-state index in [0.29, 0.717) is 12.0 Å². The van der Waals surface area contributed by atoms with Crippen LogP contribution < -0.4 is 169 Å². The van der Waals surface area contributed by atoms with Gasteiger partial charge in [0.15, 0.2) is 15.6 Å². The van der Waals surface area contributed by atoms with Gasteiger partial charge in [-0.2, -0.15) is 23.6 Å². The summed E-state index contributed by atoms with van der Waals surface area (Å²) >= 11 is 6.65. The van der Waals surface area contributed by atoms with Gasteiger partial charge in [-0.25, -0.2) is 33.7 Å². The van der Waals surface area contributed by atoms with E-state index >= 15 is 0 Å². The van der Waals surface area contributed by atoms with Crippen molar-refractivity contribution in [3.63, 3.8) is 0 Å². The predicted octanol–water partition coefficient (Wildman–Crippen LogP) is -12.0. The van der Waals surface area contributed by atoms with Crippen LogP contribution in [0.4, 0.5) is 34.6 Å². The summed E-state index contributed by atoms with van der Waals surface area (Å²) in [7, 11) is -19.9. The number of hydrogen-bond acceptors (Lipinski definition) is 28. The molecule has 0 amide bonds. The summed E-state index contributed by atoms with van der Waals surface area (Å²) in [6.07, 6.45) is 0. The molecule has 69 heavy (non-hydrogen) atoms. The molecule has 6 aromatic rings. The fourth-order valence-electron chi connectivity index (χ4n) is 5.59. The molecule has 1 aromatic heterocycles. The summed E-state index contributed by atoms with van der Waals surface area (Å²) in [5, 5.41) is 51.7. The van der Waals surface area contributed by atoms with Crippen LogP contribution in [-0.2, 0) is 63.4 Å². The molecule has 0 saturated carbocycles. The van der Waals surface area contributed by atoms with E-state index in [-0.39, 0.29) is 208 Å². The van der Waals surface area contributed by atoms with Gasteiger partial charge < -0.3 is 39.9 Å². The molecule has 0 bridgehead atoms. The zero-order chi connectivity index (χ0) is 46.6. The average Bonchev–Trinajstić information content (AvgIpc) is 3.20. The van der Waals surface area contributed by atoms with Crippen molar-refractivity contribution in [2.45, 2.75) is 24.5 Å². The molecule has 26 nitrogen and oxygen atoms in total. The molecule has 0 aliphatic heterocycles. The van der Waals surface area contributed by atoms with Gasteiger partial charge in [-0.3, -0.25) is 14.3 Å². The molecule has 1 heterocycles. The number of phenols is 1. The molecule has 0 saturated heterocycles. The largest absolute Gasteiger partial charge is 1.00 e. The Morgan fingerprint density at radius 1 is 0.681 bits per heavy atom. The normalized spacial score (nSPS) is 11.7. The predicted molar refractivity (Wildman–Crippen MR) is 211 cm³/mol. The van der Waals surface area contributed by atoms with Gasteiger partial charge in [-0.05, 0) is 77.0 Å². The third-order valence-electron chi connectivity index (χ3n) is 8.08. The van der Waals surface area contributed by atoms with Crippen LogP contribution in [0.15, 0.2) is 108 Å². The van der Waals surface area contributed by atoms with E-state index in [1.807, 2.05) is 0 Å². The third kappa shape index (κ3) is 18.1. The Kier molecular flexibility index (Phi) is 28.0. The molecule has 0 unspecified atom stereocenters. The number of benzene rings is 5. The molecule has 6 rings (SSSR count). The van der Waals surface area contributed by atoms with Crippen molar-refractivity contribution in [2.24, 2.45) is 10.2 Å². The van der Waals surface area contributed by atoms with Crippen molar-refractivity contribution in [3.05, 3.63) is 78.1 Å². The number of nitrogens with one attached hydrogen (secondary N) is 2. The van der Waals surface area contributed by atoms with Crippen molar-refractivity contribution in [2.75, 3.05) is 23.0 Å². The maximum Gasteiger partial charge on any atom is 1.00 e. The van der Waals surface area contributed by atoms with E-state index in [9.17, 15) is 63.0 Å². The Labute approximate surface area is 514 Å². The molecule has 0 spiro atoms. The second kappa shape index (κ2) is 28.8. The van der Waals surface area contributed by atoms with Gasteiger partial charge >= 0.3 is 148 Å². The van der Waals surface area contributed by atoms with Crippen molar-refractivity contribution in [1.29, 1.82) is 0 Å². The second-order valence-electron chi connectivity index (χ2n) is 12.0. The molecule has 340 valence electrons. The van der Waals surface area contributed by atoms with Crippen molar-refractivity contribution in [1.82, 2.24) is 15.0 Å². The monoisotopic (exact) mass is 1130 g/mol. The van der Waals surface area contributed by atoms with Gasteiger partial charge in [0.1, 0.15) is 31.6 Å². The summed E-state index contributed by atoms with van der Waals surface area (Å²) in [5.41, 5.74) is -1.46. The Bertz CT molecular complexity index is 3290. The molecule has 0 fully saturated rings. The zero-order valence-corrected chi connectivity index (χ0v) is 51.4. The van der Waals surface area contributed by atoms with Crippen LogP contribution in [0.25, 0.3) is 21.5 Å². The van der Waals surface area contributed by atoms with Gasteiger partial charge in [0.25, 0.3) is 0 Å². The molecule has 0 radical (unpaired) electrons. The van der Waals surface area contributed by atoms with Crippen LogP contribution in [0.3, 0.4) is 0 Å². The van der Waals surface area contributed by atoms with Crippen LogP contribution in [0.1, 0.15) is 0 Å². The van der Waals surface area contributed by atoms with E-state index < -0.39 is 96.7 Å². The number of fused-ring (bicyclic) bond motifs is 2. The smallest absolute Gasteiger partial charge is 0.744 e. The molecule has 5 aromatic carbocycles. The van der Waals surface area contributed by atoms with Crippen molar-refractivity contribution >= 4 is 132 Å². The first-order chi connectivity index (χ1) is 30.1. The standard InChI is InChI=1S/C31H24ClN7O19S6.5Na/c32-29-35-30(33-16-4-6-17(7-5-16)61(43,44)11-10-54-64(51,52)53)37-31(36-29)34-22-14-18(62(45,46)47)12-15-13-24(60-58-56-42)26(27(40)25(15)22)39-38-21-9-8-19-20(28(21)63(48,49)50)2-1-3-23(19)59-57-55-41;;;;;/h1-9,12-14,40-42H,10-11H2,(H,45,46,47)(H,48,49,50)(H,51,52,53)(H2,33,34,35,36,37);;;;;/q;5*+1/p-5. The Morgan fingerprint density at radius 2 is 1.29 bits per heavy atom. The van der Waals surface area contributed by atoms with Gasteiger partial charge in [0.05, 0.1) is 61.7 Å². The average molecular weight is 1140 g/mol. The summed E-state index contributed by atoms with van der Waals surface area (Å²) in [6, 6.07) is 13.7. The molecule has 3 N–H and O–H groups in total. The molecular weight excluding hydrogens is 1120 g/mol. The van der Waals surface area contributed by atoms with Crippen molar-refractivity contribution < 1.29 is 234 Å². The van der Waals surface area contributed by atoms with E-state index in [1.54, 1.807) is 0 Å². The maximum atomic E-state index is 12.6. The van der Waals surface area contributed by atoms with Crippen LogP contribution in [0.5, 0.6) is 5.75 Å². The van der Waals surface area contributed by atoms with Crippen LogP contribution in [0, 0.1) is 0 Å². The SMILES string of the molecule is O=S(=O)([O-])OCCS(=O)(=O)c1ccc(Nc2nc(Cl)nc(Nc3cc(S(=O)(=O)[O-])cc4cc(SOO[O-])c(N=Nc5ccc6c(SOO[O-])cccc6c5S(=O)(=O)[O-])c(O)c34)n2)cc1.[Na+].[Na+].[Na+].[Na+].[Na+]. The minimum absolute atomic E-state index is 0. The number of halogens is 1. The first kappa shape index (κ1) is 67.0. The number of anilines is 4.